The van der Waals surface area contributed by atoms with Crippen LogP contribution in [0.3, 0.4) is 0 Å². The molecule has 1 saturated heterocycles. The fraction of sp³-hybridized carbons (Fsp3) is 0.739. The van der Waals surface area contributed by atoms with E-state index in [-0.39, 0.29) is 24.4 Å². The maximum absolute atomic E-state index is 12.2. The van der Waals surface area contributed by atoms with Gasteiger partial charge in [-0.1, -0.05) is 37.3 Å². The molecule has 2 bridgehead atoms. The van der Waals surface area contributed by atoms with E-state index in [4.69, 9.17) is 18.4 Å². The van der Waals surface area contributed by atoms with Crippen LogP contribution in [-0.4, -0.2) is 56.6 Å². The molecule has 1 heterocycles. The summed E-state index contributed by atoms with van der Waals surface area (Å²) in [7, 11) is -3.73. The lowest BCUT2D eigenvalue weighted by molar-refractivity contribution is -0.250. The first-order chi connectivity index (χ1) is 14.4. The molecule has 1 N–H and O–H groups in total. The monoisotopic (exact) mass is 454 g/mol. The normalized spacial score (nSPS) is 39.6. The minimum Gasteiger partial charge on any atom is -0.392 e. The summed E-state index contributed by atoms with van der Waals surface area (Å²) in [5.41, 5.74) is -0.397. The number of hydrogen-bond acceptors (Lipinski definition) is 7. The van der Waals surface area contributed by atoms with Crippen molar-refractivity contribution in [1.29, 1.82) is 0 Å². The molecule has 7 nitrogen and oxygen atoms in total. The van der Waals surface area contributed by atoms with Gasteiger partial charge in [-0.15, -0.1) is 0 Å². The molecule has 1 aliphatic heterocycles. The highest BCUT2D eigenvalue weighted by Crippen LogP contribution is 2.62. The molecule has 0 aromatic heterocycles. The van der Waals surface area contributed by atoms with Crippen LogP contribution in [0, 0.1) is 17.3 Å². The van der Waals surface area contributed by atoms with Gasteiger partial charge in [0.1, 0.15) is 0 Å². The Morgan fingerprint density at radius 2 is 1.87 bits per heavy atom. The van der Waals surface area contributed by atoms with Gasteiger partial charge < -0.3 is 19.3 Å². The van der Waals surface area contributed by atoms with Gasteiger partial charge in [0.25, 0.3) is 10.1 Å². The Hall–Kier alpha value is -1.03. The summed E-state index contributed by atoms with van der Waals surface area (Å²) < 4.78 is 48.4. The van der Waals surface area contributed by atoms with Crippen molar-refractivity contribution in [2.45, 2.75) is 70.2 Å². The molecule has 0 radical (unpaired) electrons. The van der Waals surface area contributed by atoms with E-state index in [0.717, 1.165) is 11.8 Å². The minimum atomic E-state index is -3.73. The first-order valence-corrected chi connectivity index (χ1v) is 12.8. The number of hydrogen-bond donors (Lipinski definition) is 1. The topological polar surface area (TPSA) is 91.3 Å². The van der Waals surface area contributed by atoms with Crippen molar-refractivity contribution in [1.82, 2.24) is 0 Å². The predicted molar refractivity (Wildman–Crippen MR) is 115 cm³/mol. The van der Waals surface area contributed by atoms with E-state index in [9.17, 15) is 13.5 Å². The Morgan fingerprint density at radius 3 is 2.45 bits per heavy atom. The van der Waals surface area contributed by atoms with Crippen LogP contribution >= 0.6 is 0 Å². The van der Waals surface area contributed by atoms with E-state index < -0.39 is 33.0 Å². The zero-order valence-corrected chi connectivity index (χ0v) is 19.6. The molecule has 4 aliphatic rings. The van der Waals surface area contributed by atoms with Crippen molar-refractivity contribution in [3.8, 4) is 0 Å². The third kappa shape index (κ3) is 4.56. The molecule has 5 rings (SSSR count). The van der Waals surface area contributed by atoms with Gasteiger partial charge in [0.15, 0.2) is 5.79 Å². The van der Waals surface area contributed by atoms with E-state index in [0.29, 0.717) is 32.7 Å². The first-order valence-electron chi connectivity index (χ1n) is 11.0. The van der Waals surface area contributed by atoms with Gasteiger partial charge in [0.05, 0.1) is 43.9 Å². The molecular formula is C23H34O7S. The Kier molecular flexibility index (Phi) is 6.03. The lowest BCUT2D eigenvalue weighted by atomic mass is 9.47. The average Bonchev–Trinajstić information content (AvgIpc) is 3.02. The van der Waals surface area contributed by atoms with Gasteiger partial charge in [0.2, 0.25) is 0 Å². The number of rotatable bonds is 7. The van der Waals surface area contributed by atoms with Crippen LogP contribution in [0.1, 0.15) is 45.6 Å². The van der Waals surface area contributed by atoms with Crippen molar-refractivity contribution in [3.05, 3.63) is 35.9 Å². The molecule has 3 aliphatic carbocycles. The van der Waals surface area contributed by atoms with Crippen molar-refractivity contribution in [2.24, 2.45) is 17.3 Å². The SMILES string of the molecule is CC1(C)OC[C@@H]([C@@H]2[C@@H](COCc3ccccc3)[C@]3(OS(C)(=O)=O)CC[C@@]2(C)[C@H](O)C3)O1. The molecular weight excluding hydrogens is 420 g/mol. The standard InChI is InChI=1S/C23H34O7S/c1-21(2)28-15-18(29-21)20-17(14-27-13-16-8-6-5-7-9-16)23(30-31(4,25)26)11-10-22(20,3)19(24)12-23/h5-9,17-20,24H,10-15H2,1-4H3/t17-,18+,19-,20+,22+,23+/m1/s1. The zero-order chi connectivity index (χ0) is 22.5. The Labute approximate surface area is 185 Å². The number of fused-ring (bicyclic) bond motifs is 3. The molecule has 31 heavy (non-hydrogen) atoms. The van der Waals surface area contributed by atoms with E-state index in [1.54, 1.807) is 0 Å². The second-order valence-electron chi connectivity index (χ2n) is 10.1. The molecule has 0 unspecified atom stereocenters. The third-order valence-corrected chi connectivity index (χ3v) is 8.05. The second kappa shape index (κ2) is 8.08. The number of ether oxygens (including phenoxy) is 3. The molecule has 1 aromatic carbocycles. The van der Waals surface area contributed by atoms with Crippen LogP contribution in [0.2, 0.25) is 0 Å². The van der Waals surface area contributed by atoms with Gasteiger partial charge in [-0.3, -0.25) is 4.18 Å². The summed E-state index contributed by atoms with van der Waals surface area (Å²) in [5, 5.41) is 11.1. The highest BCUT2D eigenvalue weighted by molar-refractivity contribution is 7.86. The smallest absolute Gasteiger partial charge is 0.264 e. The van der Waals surface area contributed by atoms with Crippen molar-refractivity contribution in [3.63, 3.8) is 0 Å². The van der Waals surface area contributed by atoms with Gasteiger partial charge >= 0.3 is 0 Å². The van der Waals surface area contributed by atoms with Crippen molar-refractivity contribution >= 4 is 10.1 Å². The summed E-state index contributed by atoms with van der Waals surface area (Å²) in [6.07, 6.45) is 1.59. The molecule has 3 saturated carbocycles. The fourth-order valence-corrected chi connectivity index (χ4v) is 6.85. The Morgan fingerprint density at radius 1 is 1.16 bits per heavy atom. The van der Waals surface area contributed by atoms with E-state index in [1.165, 1.54) is 0 Å². The lowest BCUT2D eigenvalue weighted by Crippen LogP contribution is -2.68. The van der Waals surface area contributed by atoms with Gasteiger partial charge in [-0.25, -0.2) is 0 Å². The molecule has 8 heteroatoms. The van der Waals surface area contributed by atoms with E-state index in [2.05, 4.69) is 6.92 Å². The van der Waals surface area contributed by atoms with Gasteiger partial charge in [-0.05, 0) is 37.7 Å². The molecule has 0 spiro atoms. The van der Waals surface area contributed by atoms with Crippen LogP contribution in [0.15, 0.2) is 30.3 Å². The number of benzene rings is 1. The zero-order valence-electron chi connectivity index (χ0n) is 18.7. The van der Waals surface area contributed by atoms with Gasteiger partial charge in [0, 0.05) is 18.3 Å². The predicted octanol–water partition coefficient (Wildman–Crippen LogP) is 2.87. The van der Waals surface area contributed by atoms with Crippen LogP contribution < -0.4 is 0 Å². The average molecular weight is 455 g/mol. The maximum Gasteiger partial charge on any atom is 0.264 e. The first kappa shape index (κ1) is 23.1. The summed E-state index contributed by atoms with van der Waals surface area (Å²) in [6, 6.07) is 9.86. The summed E-state index contributed by atoms with van der Waals surface area (Å²) in [6.45, 7) is 6.95. The summed E-state index contributed by atoms with van der Waals surface area (Å²) >= 11 is 0. The van der Waals surface area contributed by atoms with Gasteiger partial charge in [-0.2, -0.15) is 8.42 Å². The molecule has 174 valence electrons. The molecule has 0 amide bonds. The quantitative estimate of drug-likeness (QED) is 0.634. The van der Waals surface area contributed by atoms with E-state index in [1.807, 2.05) is 44.2 Å². The highest BCUT2D eigenvalue weighted by atomic mass is 32.2. The van der Waals surface area contributed by atoms with Crippen LogP contribution in [0.25, 0.3) is 0 Å². The second-order valence-corrected chi connectivity index (χ2v) is 11.7. The highest BCUT2D eigenvalue weighted by Gasteiger charge is 2.67. The third-order valence-electron chi connectivity index (χ3n) is 7.41. The molecule has 1 aromatic rings. The lowest BCUT2D eigenvalue weighted by Gasteiger charge is -2.63. The Balaban J connectivity index is 1.65. The summed E-state index contributed by atoms with van der Waals surface area (Å²) in [4.78, 5) is 0. The number of aliphatic hydroxyl groups excluding tert-OH is 1. The van der Waals surface area contributed by atoms with Crippen LogP contribution in [-0.2, 0) is 35.1 Å². The van der Waals surface area contributed by atoms with Crippen LogP contribution in [0.4, 0.5) is 0 Å². The number of aliphatic hydroxyl groups is 1. The van der Waals surface area contributed by atoms with E-state index >= 15 is 0 Å². The Bertz CT molecular complexity index is 886. The maximum atomic E-state index is 12.2. The van der Waals surface area contributed by atoms with Crippen molar-refractivity contribution < 1.29 is 31.9 Å². The molecule has 4 fully saturated rings. The van der Waals surface area contributed by atoms with Crippen molar-refractivity contribution in [2.75, 3.05) is 19.5 Å². The largest absolute Gasteiger partial charge is 0.392 e. The summed E-state index contributed by atoms with van der Waals surface area (Å²) in [5.74, 6) is -1.14. The minimum absolute atomic E-state index is 0.163. The fourth-order valence-electron chi connectivity index (χ4n) is 5.97. The molecule has 6 atom stereocenters. The van der Waals surface area contributed by atoms with Crippen LogP contribution in [0.5, 0.6) is 0 Å².